The van der Waals surface area contributed by atoms with E-state index in [9.17, 15) is 4.79 Å². The molecule has 0 aliphatic heterocycles. The van der Waals surface area contributed by atoms with Crippen molar-refractivity contribution in [2.24, 2.45) is 5.92 Å². The molecule has 0 amide bonds. The van der Waals surface area contributed by atoms with Crippen molar-refractivity contribution in [3.8, 4) is 0 Å². The summed E-state index contributed by atoms with van der Waals surface area (Å²) < 4.78 is 5.37. The molecule has 0 spiro atoms. The maximum atomic E-state index is 11.8. The lowest BCUT2D eigenvalue weighted by Gasteiger charge is -2.24. The predicted molar refractivity (Wildman–Crippen MR) is 80.4 cm³/mol. The maximum Gasteiger partial charge on any atom is 0.306 e. The van der Waals surface area contributed by atoms with Gasteiger partial charge in [-0.3, -0.25) is 4.79 Å². The molecule has 0 heterocycles. The van der Waals surface area contributed by atoms with Crippen LogP contribution in [-0.2, 0) is 14.4 Å². The topological polar surface area (TPSA) is 38.8 Å². The highest BCUT2D eigenvalue weighted by atomic mass is 35.5. The smallest absolute Gasteiger partial charge is 0.306 e. The van der Waals surface area contributed by atoms with Crippen molar-refractivity contribution in [2.75, 3.05) is 20.7 Å². The Balaban J connectivity index is 0. The summed E-state index contributed by atoms with van der Waals surface area (Å²) >= 11 is 0. The third kappa shape index (κ3) is 12.5. The van der Waals surface area contributed by atoms with Gasteiger partial charge in [0.25, 0.3) is 0 Å². The van der Waals surface area contributed by atoms with E-state index in [2.05, 4.69) is 6.92 Å². The van der Waals surface area contributed by atoms with Crippen molar-refractivity contribution in [3.05, 3.63) is 0 Å². The SMILES string of the molecule is CCCCC(CC(=O)OC(C)(C)C)CN(C)OC.Cl. The molecule has 0 saturated carbocycles. The summed E-state index contributed by atoms with van der Waals surface area (Å²) in [7, 11) is 3.53. The molecule has 5 heteroatoms. The summed E-state index contributed by atoms with van der Waals surface area (Å²) in [4.78, 5) is 16.9. The molecule has 0 aromatic heterocycles. The van der Waals surface area contributed by atoms with Gasteiger partial charge >= 0.3 is 5.97 Å². The number of esters is 1. The third-order valence-corrected chi connectivity index (χ3v) is 2.67. The molecular formula is C14H30ClNO3. The van der Waals surface area contributed by atoms with Crippen LogP contribution < -0.4 is 0 Å². The molecule has 0 bridgehead atoms. The highest BCUT2D eigenvalue weighted by molar-refractivity contribution is 5.85. The minimum atomic E-state index is -0.403. The molecule has 0 aliphatic carbocycles. The highest BCUT2D eigenvalue weighted by Gasteiger charge is 2.21. The van der Waals surface area contributed by atoms with Crippen LogP contribution in [0.5, 0.6) is 0 Å². The minimum Gasteiger partial charge on any atom is -0.460 e. The Bertz CT molecular complexity index is 241. The lowest BCUT2D eigenvalue weighted by Crippen LogP contribution is -2.29. The molecule has 0 aromatic rings. The predicted octanol–water partition coefficient (Wildman–Crippen LogP) is 3.44. The van der Waals surface area contributed by atoms with Crippen molar-refractivity contribution < 1.29 is 14.4 Å². The number of hydrogen-bond donors (Lipinski definition) is 0. The first kappa shape index (κ1) is 21.0. The van der Waals surface area contributed by atoms with Gasteiger partial charge < -0.3 is 9.57 Å². The van der Waals surface area contributed by atoms with Gasteiger partial charge in [0.15, 0.2) is 0 Å². The summed E-state index contributed by atoms with van der Waals surface area (Å²) in [6.45, 7) is 8.61. The van der Waals surface area contributed by atoms with Crippen molar-refractivity contribution in [3.63, 3.8) is 0 Å². The monoisotopic (exact) mass is 295 g/mol. The standard InChI is InChI=1S/C14H29NO3.ClH/c1-7-8-9-12(11-15(5)17-6)10-13(16)18-14(2,3)4;/h12H,7-11H2,1-6H3;1H. The first-order chi connectivity index (χ1) is 8.28. The first-order valence-corrected chi connectivity index (χ1v) is 6.75. The average molecular weight is 296 g/mol. The van der Waals surface area contributed by atoms with E-state index in [4.69, 9.17) is 9.57 Å². The zero-order valence-corrected chi connectivity index (χ0v) is 14.0. The Morgan fingerprint density at radius 1 is 1.32 bits per heavy atom. The van der Waals surface area contributed by atoms with Crippen molar-refractivity contribution in [2.45, 2.75) is 59.0 Å². The van der Waals surface area contributed by atoms with Crippen molar-refractivity contribution in [1.82, 2.24) is 5.06 Å². The Morgan fingerprint density at radius 3 is 2.32 bits per heavy atom. The van der Waals surface area contributed by atoms with Crippen LogP contribution >= 0.6 is 12.4 Å². The molecule has 0 radical (unpaired) electrons. The quantitative estimate of drug-likeness (QED) is 0.508. The van der Waals surface area contributed by atoms with Crippen molar-refractivity contribution >= 4 is 18.4 Å². The van der Waals surface area contributed by atoms with E-state index in [1.54, 1.807) is 12.2 Å². The zero-order chi connectivity index (χ0) is 14.2. The second kappa shape index (κ2) is 10.5. The molecular weight excluding hydrogens is 266 g/mol. The fourth-order valence-electron chi connectivity index (χ4n) is 1.81. The first-order valence-electron chi connectivity index (χ1n) is 6.75. The van der Waals surface area contributed by atoms with Gasteiger partial charge in [0.2, 0.25) is 0 Å². The van der Waals surface area contributed by atoms with Crippen LogP contribution in [-0.4, -0.2) is 37.3 Å². The van der Waals surface area contributed by atoms with Gasteiger partial charge in [0.05, 0.1) is 7.11 Å². The van der Waals surface area contributed by atoms with Crippen LogP contribution in [0.25, 0.3) is 0 Å². The molecule has 4 nitrogen and oxygen atoms in total. The summed E-state index contributed by atoms with van der Waals surface area (Å²) in [6.07, 6.45) is 3.76. The van der Waals surface area contributed by atoms with Crippen molar-refractivity contribution in [1.29, 1.82) is 0 Å². The number of halogens is 1. The van der Waals surface area contributed by atoms with E-state index in [0.717, 1.165) is 25.8 Å². The molecule has 0 aromatic carbocycles. The largest absolute Gasteiger partial charge is 0.460 e. The van der Waals surface area contributed by atoms with Gasteiger partial charge in [-0.25, -0.2) is 0 Å². The van der Waals surface area contributed by atoms with Crippen LogP contribution in [0.3, 0.4) is 0 Å². The number of carbonyl (C=O) groups excluding carboxylic acids is 1. The number of carbonyl (C=O) groups is 1. The third-order valence-electron chi connectivity index (χ3n) is 2.67. The molecule has 1 unspecified atom stereocenters. The van der Waals surface area contributed by atoms with Gasteiger partial charge in [0, 0.05) is 20.0 Å². The lowest BCUT2D eigenvalue weighted by molar-refractivity contribution is -0.158. The van der Waals surface area contributed by atoms with Crippen LogP contribution in [0.4, 0.5) is 0 Å². The Labute approximate surface area is 124 Å². The molecule has 0 N–H and O–H groups in total. The van der Waals surface area contributed by atoms with Gasteiger partial charge in [-0.05, 0) is 33.1 Å². The number of hydroxylamine groups is 2. The zero-order valence-electron chi connectivity index (χ0n) is 13.2. The number of nitrogens with zero attached hydrogens (tertiary/aromatic N) is 1. The summed E-state index contributed by atoms with van der Waals surface area (Å²) in [6, 6.07) is 0. The lowest BCUT2D eigenvalue weighted by atomic mass is 9.98. The Morgan fingerprint density at radius 2 is 1.89 bits per heavy atom. The Hall–Kier alpha value is -0.320. The normalized spacial score (nSPS) is 13.0. The molecule has 0 aliphatic rings. The number of ether oxygens (including phenoxy) is 1. The van der Waals surface area contributed by atoms with Gasteiger partial charge in [-0.2, -0.15) is 5.06 Å². The minimum absolute atomic E-state index is 0. The second-order valence-electron chi connectivity index (χ2n) is 5.79. The van der Waals surface area contributed by atoms with Gasteiger partial charge in [0.1, 0.15) is 5.60 Å². The molecule has 1 atom stereocenters. The van der Waals surface area contributed by atoms with E-state index in [1.165, 1.54) is 0 Å². The molecule has 0 rings (SSSR count). The summed E-state index contributed by atoms with van der Waals surface area (Å²) in [5.74, 6) is 0.179. The number of unbranched alkanes of at least 4 members (excludes halogenated alkanes) is 1. The fourth-order valence-corrected chi connectivity index (χ4v) is 1.81. The van der Waals surface area contributed by atoms with Crippen LogP contribution in [0.15, 0.2) is 0 Å². The van der Waals surface area contributed by atoms with E-state index in [0.29, 0.717) is 12.3 Å². The van der Waals surface area contributed by atoms with E-state index >= 15 is 0 Å². The van der Waals surface area contributed by atoms with Crippen LogP contribution in [0, 0.1) is 5.92 Å². The van der Waals surface area contributed by atoms with E-state index in [-0.39, 0.29) is 18.4 Å². The highest BCUT2D eigenvalue weighted by Crippen LogP contribution is 2.17. The van der Waals surface area contributed by atoms with E-state index < -0.39 is 5.60 Å². The molecule has 116 valence electrons. The molecule has 0 fully saturated rings. The fraction of sp³-hybridized carbons (Fsp3) is 0.929. The molecule has 0 saturated heterocycles. The van der Waals surface area contributed by atoms with Crippen LogP contribution in [0.2, 0.25) is 0 Å². The van der Waals surface area contributed by atoms with Gasteiger partial charge in [-0.15, -0.1) is 12.4 Å². The number of rotatable bonds is 8. The maximum absolute atomic E-state index is 11.8. The second-order valence-corrected chi connectivity index (χ2v) is 5.79. The summed E-state index contributed by atoms with van der Waals surface area (Å²) in [5, 5.41) is 1.77. The van der Waals surface area contributed by atoms with Crippen LogP contribution in [0.1, 0.15) is 53.4 Å². The average Bonchev–Trinajstić information content (AvgIpc) is 2.22. The molecule has 19 heavy (non-hydrogen) atoms. The summed E-state index contributed by atoms with van der Waals surface area (Å²) in [5.41, 5.74) is -0.403. The Kier molecular flexibility index (Phi) is 11.6. The van der Waals surface area contributed by atoms with E-state index in [1.807, 2.05) is 27.8 Å². The van der Waals surface area contributed by atoms with Gasteiger partial charge in [-0.1, -0.05) is 19.8 Å². The number of hydrogen-bond acceptors (Lipinski definition) is 4.